The van der Waals surface area contributed by atoms with Crippen LogP contribution in [0.15, 0.2) is 53.9 Å². The fourth-order valence-corrected chi connectivity index (χ4v) is 3.48. The van der Waals surface area contributed by atoms with Crippen molar-refractivity contribution in [2.75, 3.05) is 26.9 Å². The second-order valence-corrected chi connectivity index (χ2v) is 7.34. The summed E-state index contributed by atoms with van der Waals surface area (Å²) in [7, 11) is 1.58. The Morgan fingerprint density at radius 3 is 2.62 bits per heavy atom. The van der Waals surface area contributed by atoms with Crippen molar-refractivity contribution < 1.29 is 28.5 Å². The second-order valence-electron chi connectivity index (χ2n) is 6.48. The molecule has 0 radical (unpaired) electrons. The Bertz CT molecular complexity index is 1040. The molecule has 0 unspecified atom stereocenters. The largest absolute Gasteiger partial charge is 0.493 e. The molecule has 1 aromatic heterocycles. The van der Waals surface area contributed by atoms with Crippen LogP contribution in [-0.2, 0) is 20.9 Å². The van der Waals surface area contributed by atoms with E-state index in [2.05, 4.69) is 10.3 Å². The van der Waals surface area contributed by atoms with E-state index in [0.29, 0.717) is 29.5 Å². The van der Waals surface area contributed by atoms with E-state index in [1.807, 2.05) is 36.6 Å². The molecule has 9 heteroatoms. The molecule has 0 saturated carbocycles. The average molecular weight is 457 g/mol. The smallest absolute Gasteiger partial charge is 0.325 e. The molecule has 0 fully saturated rings. The van der Waals surface area contributed by atoms with E-state index in [0.717, 1.165) is 10.6 Å². The molecule has 1 N–H and O–H groups in total. The van der Waals surface area contributed by atoms with E-state index >= 15 is 0 Å². The fraction of sp³-hybridized carbons (Fsp3) is 0.261. The molecule has 0 aliphatic rings. The molecule has 0 aliphatic heterocycles. The summed E-state index contributed by atoms with van der Waals surface area (Å²) in [5.74, 6) is 0.899. The van der Waals surface area contributed by atoms with Gasteiger partial charge in [-0.3, -0.25) is 9.59 Å². The van der Waals surface area contributed by atoms with E-state index in [-0.39, 0.29) is 19.8 Å². The van der Waals surface area contributed by atoms with Crippen molar-refractivity contribution in [3.05, 3.63) is 59.6 Å². The first-order valence-corrected chi connectivity index (χ1v) is 10.8. The number of hydrogen-bond acceptors (Lipinski definition) is 8. The maximum atomic E-state index is 11.9. The van der Waals surface area contributed by atoms with Crippen LogP contribution >= 0.6 is 11.3 Å². The van der Waals surface area contributed by atoms with Crippen molar-refractivity contribution in [1.82, 2.24) is 10.3 Å². The lowest BCUT2D eigenvalue weighted by Crippen LogP contribution is -2.34. The van der Waals surface area contributed by atoms with Crippen molar-refractivity contribution in [1.29, 1.82) is 0 Å². The molecule has 0 atom stereocenters. The Balaban J connectivity index is 1.44. The number of carbonyl (C=O) groups is 2. The van der Waals surface area contributed by atoms with Gasteiger partial charge in [0.15, 0.2) is 18.1 Å². The molecule has 32 heavy (non-hydrogen) atoms. The zero-order valence-electron chi connectivity index (χ0n) is 17.8. The molecule has 0 saturated heterocycles. The number of esters is 1. The molecule has 3 rings (SSSR count). The molecular weight excluding hydrogens is 432 g/mol. The Labute approximate surface area is 190 Å². The van der Waals surface area contributed by atoms with E-state index in [1.165, 1.54) is 11.3 Å². The summed E-state index contributed by atoms with van der Waals surface area (Å²) in [5.41, 5.74) is 1.49. The van der Waals surface area contributed by atoms with Gasteiger partial charge in [-0.25, -0.2) is 4.98 Å². The summed E-state index contributed by atoms with van der Waals surface area (Å²) in [5, 5.41) is 5.05. The normalized spacial score (nSPS) is 10.3. The van der Waals surface area contributed by atoms with Crippen LogP contribution in [0.4, 0.5) is 0 Å². The van der Waals surface area contributed by atoms with Crippen molar-refractivity contribution >= 4 is 23.2 Å². The van der Waals surface area contributed by atoms with Gasteiger partial charge in [0, 0.05) is 10.9 Å². The first-order valence-electron chi connectivity index (χ1n) is 9.94. The van der Waals surface area contributed by atoms with E-state index in [9.17, 15) is 9.59 Å². The van der Waals surface area contributed by atoms with Gasteiger partial charge >= 0.3 is 5.97 Å². The third-order valence-electron chi connectivity index (χ3n) is 4.19. The molecule has 1 heterocycles. The topological polar surface area (TPSA) is 96.0 Å². The van der Waals surface area contributed by atoms with Crippen molar-refractivity contribution in [3.63, 3.8) is 0 Å². The monoisotopic (exact) mass is 456 g/mol. The van der Waals surface area contributed by atoms with Crippen LogP contribution in [0.3, 0.4) is 0 Å². The highest BCUT2D eigenvalue weighted by Crippen LogP contribution is 2.33. The Morgan fingerprint density at radius 1 is 1.06 bits per heavy atom. The van der Waals surface area contributed by atoms with Gasteiger partial charge in [-0.05, 0) is 37.3 Å². The zero-order valence-corrected chi connectivity index (χ0v) is 18.6. The van der Waals surface area contributed by atoms with E-state index < -0.39 is 11.9 Å². The predicted molar refractivity (Wildman–Crippen MR) is 120 cm³/mol. The zero-order chi connectivity index (χ0) is 22.8. The molecule has 2 aromatic carbocycles. The first kappa shape index (κ1) is 23.1. The minimum atomic E-state index is -0.560. The van der Waals surface area contributed by atoms with Crippen LogP contribution in [0.1, 0.15) is 12.6 Å². The molecule has 0 bridgehead atoms. The summed E-state index contributed by atoms with van der Waals surface area (Å²) < 4.78 is 21.4. The van der Waals surface area contributed by atoms with Crippen LogP contribution in [-0.4, -0.2) is 43.7 Å². The van der Waals surface area contributed by atoms with Gasteiger partial charge in [-0.1, -0.05) is 18.2 Å². The molecule has 3 aromatic rings. The number of aromatic nitrogens is 1. The van der Waals surface area contributed by atoms with Gasteiger partial charge in [0.05, 0.1) is 19.4 Å². The number of ether oxygens (including phenoxy) is 4. The van der Waals surface area contributed by atoms with E-state index in [1.54, 1.807) is 31.4 Å². The number of nitrogens with zero attached hydrogens (tertiary/aromatic N) is 1. The average Bonchev–Trinajstić information content (AvgIpc) is 3.30. The summed E-state index contributed by atoms with van der Waals surface area (Å²) >= 11 is 1.43. The highest BCUT2D eigenvalue weighted by Gasteiger charge is 2.12. The van der Waals surface area contributed by atoms with Crippen molar-refractivity contribution in [2.24, 2.45) is 0 Å². The molecule has 8 nitrogen and oxygen atoms in total. The molecule has 168 valence electrons. The lowest BCUT2D eigenvalue weighted by molar-refractivity contribution is -0.145. The van der Waals surface area contributed by atoms with Gasteiger partial charge in [0.25, 0.3) is 5.91 Å². The Hall–Kier alpha value is -3.59. The summed E-state index contributed by atoms with van der Waals surface area (Å²) in [6, 6.07) is 14.5. The quantitative estimate of drug-likeness (QED) is 0.442. The SMILES string of the molecule is CCOc1ccc(-c2nc(COC(=O)CNC(=O)COc3ccccc3)cs2)cc1OC. The highest BCUT2D eigenvalue weighted by atomic mass is 32.1. The minimum Gasteiger partial charge on any atom is -0.493 e. The van der Waals surface area contributed by atoms with Crippen LogP contribution in [0.2, 0.25) is 0 Å². The Kier molecular flexibility index (Phi) is 8.44. The molecule has 1 amide bonds. The number of nitrogens with one attached hydrogen (secondary N) is 1. The number of para-hydroxylation sites is 1. The first-order chi connectivity index (χ1) is 15.6. The summed E-state index contributed by atoms with van der Waals surface area (Å²) in [6.45, 7) is 2.04. The van der Waals surface area contributed by atoms with Gasteiger partial charge in [-0.2, -0.15) is 0 Å². The van der Waals surface area contributed by atoms with Gasteiger partial charge in [-0.15, -0.1) is 11.3 Å². The summed E-state index contributed by atoms with van der Waals surface area (Å²) in [4.78, 5) is 28.2. The number of hydrogen-bond donors (Lipinski definition) is 1. The lowest BCUT2D eigenvalue weighted by Gasteiger charge is -2.10. The third-order valence-corrected chi connectivity index (χ3v) is 5.13. The lowest BCUT2D eigenvalue weighted by atomic mass is 10.2. The number of methoxy groups -OCH3 is 1. The molecular formula is C23H24N2O6S. The maximum absolute atomic E-state index is 11.9. The highest BCUT2D eigenvalue weighted by molar-refractivity contribution is 7.13. The maximum Gasteiger partial charge on any atom is 0.325 e. The van der Waals surface area contributed by atoms with Crippen LogP contribution in [0, 0.1) is 0 Å². The standard InChI is InChI=1S/C23H24N2O6S/c1-3-29-19-10-9-16(11-20(19)28-2)23-25-17(15-32-23)13-31-22(27)12-24-21(26)14-30-18-7-5-4-6-8-18/h4-11,15H,3,12-14H2,1-2H3,(H,24,26). The van der Waals surface area contributed by atoms with E-state index in [4.69, 9.17) is 18.9 Å². The van der Waals surface area contributed by atoms with Gasteiger partial charge in [0.1, 0.15) is 23.9 Å². The number of benzene rings is 2. The molecule has 0 spiro atoms. The summed E-state index contributed by atoms with van der Waals surface area (Å²) in [6.07, 6.45) is 0. The van der Waals surface area contributed by atoms with Crippen molar-refractivity contribution in [2.45, 2.75) is 13.5 Å². The number of amides is 1. The number of carbonyl (C=O) groups excluding carboxylic acids is 2. The van der Waals surface area contributed by atoms with Gasteiger partial charge in [0.2, 0.25) is 0 Å². The number of rotatable bonds is 11. The minimum absolute atomic E-state index is 0.0138. The second kappa shape index (κ2) is 11.7. The van der Waals surface area contributed by atoms with Crippen LogP contribution in [0.5, 0.6) is 17.2 Å². The molecule has 0 aliphatic carbocycles. The van der Waals surface area contributed by atoms with Crippen LogP contribution < -0.4 is 19.5 Å². The van der Waals surface area contributed by atoms with Crippen molar-refractivity contribution in [3.8, 4) is 27.8 Å². The number of thiazole rings is 1. The fourth-order valence-electron chi connectivity index (χ4n) is 2.67. The predicted octanol–water partition coefficient (Wildman–Crippen LogP) is 3.46. The Morgan fingerprint density at radius 2 is 1.88 bits per heavy atom. The van der Waals surface area contributed by atoms with Gasteiger partial charge < -0.3 is 24.3 Å². The third kappa shape index (κ3) is 6.71. The van der Waals surface area contributed by atoms with Crippen LogP contribution in [0.25, 0.3) is 10.6 Å².